The van der Waals surface area contributed by atoms with E-state index in [2.05, 4.69) is 5.32 Å². The third kappa shape index (κ3) is 4.09. The van der Waals surface area contributed by atoms with E-state index in [1.54, 1.807) is 7.05 Å². The summed E-state index contributed by atoms with van der Waals surface area (Å²) in [5.41, 5.74) is 0. The molecule has 3 N–H and O–H groups in total. The van der Waals surface area contributed by atoms with Crippen molar-refractivity contribution in [1.82, 2.24) is 15.1 Å². The number of carboxylic acid groups (broad SMARTS) is 1. The maximum atomic E-state index is 11.9. The number of likely N-dealkylation sites (N-methyl/N-ethyl adjacent to an activating group) is 1. The maximum Gasteiger partial charge on any atom is 0.328 e. The predicted molar refractivity (Wildman–Crippen MR) is 65.5 cm³/mol. The van der Waals surface area contributed by atoms with Gasteiger partial charge in [0.15, 0.2) is 6.04 Å². The fourth-order valence-corrected chi connectivity index (χ4v) is 1.77. The number of hydrogen-bond donors (Lipinski definition) is 3. The number of aliphatic hydroxyl groups excluding tert-OH is 1. The number of carbonyl (C=O) groups excluding carboxylic acids is 2. The average molecular weight is 273 g/mol. The zero-order valence-electron chi connectivity index (χ0n) is 11.0. The Hall–Kier alpha value is -1.83. The van der Waals surface area contributed by atoms with E-state index in [1.165, 1.54) is 16.7 Å². The van der Waals surface area contributed by atoms with Crippen LogP contribution in [0.2, 0.25) is 0 Å². The van der Waals surface area contributed by atoms with Crippen molar-refractivity contribution in [2.24, 2.45) is 0 Å². The molecule has 1 rings (SSSR count). The Morgan fingerprint density at radius 3 is 2.53 bits per heavy atom. The van der Waals surface area contributed by atoms with Crippen LogP contribution in [0.1, 0.15) is 13.3 Å². The van der Waals surface area contributed by atoms with Crippen molar-refractivity contribution in [3.8, 4) is 0 Å². The lowest BCUT2D eigenvalue weighted by Gasteiger charge is -2.24. The minimum atomic E-state index is -1.39. The van der Waals surface area contributed by atoms with Gasteiger partial charge in [-0.25, -0.2) is 9.59 Å². The number of carboxylic acids is 1. The van der Waals surface area contributed by atoms with Crippen LogP contribution in [0.5, 0.6) is 0 Å². The number of urea groups is 1. The van der Waals surface area contributed by atoms with Crippen LogP contribution in [-0.4, -0.2) is 76.7 Å². The van der Waals surface area contributed by atoms with E-state index in [0.717, 1.165) is 0 Å². The van der Waals surface area contributed by atoms with E-state index in [9.17, 15) is 19.5 Å². The average Bonchev–Trinajstić information content (AvgIpc) is 2.48. The quantitative estimate of drug-likeness (QED) is 0.591. The van der Waals surface area contributed by atoms with Crippen LogP contribution in [0, 0.1) is 0 Å². The van der Waals surface area contributed by atoms with Crippen molar-refractivity contribution in [2.75, 3.05) is 26.7 Å². The third-order valence-corrected chi connectivity index (χ3v) is 2.99. The number of rotatable bonds is 3. The first-order valence-electron chi connectivity index (χ1n) is 6.03. The highest BCUT2D eigenvalue weighted by Crippen LogP contribution is 2.04. The topological polar surface area (TPSA) is 110 Å². The second-order valence-corrected chi connectivity index (χ2v) is 4.60. The van der Waals surface area contributed by atoms with Gasteiger partial charge in [-0.3, -0.25) is 4.79 Å². The summed E-state index contributed by atoms with van der Waals surface area (Å²) in [6.45, 7) is 2.12. The predicted octanol–water partition coefficient (Wildman–Crippen LogP) is -1.31. The Morgan fingerprint density at radius 2 is 2.00 bits per heavy atom. The van der Waals surface area contributed by atoms with Crippen LogP contribution in [0.25, 0.3) is 0 Å². The van der Waals surface area contributed by atoms with E-state index in [4.69, 9.17) is 5.11 Å². The van der Waals surface area contributed by atoms with Crippen LogP contribution >= 0.6 is 0 Å². The highest BCUT2D eigenvalue weighted by molar-refractivity contribution is 5.87. The first-order chi connectivity index (χ1) is 8.82. The van der Waals surface area contributed by atoms with E-state index in [0.29, 0.717) is 19.5 Å². The van der Waals surface area contributed by atoms with Gasteiger partial charge in [-0.1, -0.05) is 0 Å². The Balaban J connectivity index is 2.66. The second-order valence-electron chi connectivity index (χ2n) is 4.60. The number of aliphatic carboxylic acids is 1. The highest BCUT2D eigenvalue weighted by Gasteiger charge is 2.29. The minimum absolute atomic E-state index is 0.0888. The van der Waals surface area contributed by atoms with Crippen LogP contribution in [-0.2, 0) is 9.59 Å². The van der Waals surface area contributed by atoms with Gasteiger partial charge >= 0.3 is 12.0 Å². The fraction of sp³-hybridized carbons (Fsp3) is 0.727. The van der Waals surface area contributed by atoms with Crippen molar-refractivity contribution in [1.29, 1.82) is 0 Å². The normalized spacial score (nSPS) is 19.6. The smallest absolute Gasteiger partial charge is 0.328 e. The van der Waals surface area contributed by atoms with Gasteiger partial charge < -0.3 is 25.3 Å². The molecule has 0 unspecified atom stereocenters. The van der Waals surface area contributed by atoms with Crippen molar-refractivity contribution in [3.05, 3.63) is 0 Å². The molecule has 1 saturated heterocycles. The number of hydrogen-bond acceptors (Lipinski definition) is 4. The van der Waals surface area contributed by atoms with Crippen LogP contribution in [0.3, 0.4) is 0 Å². The van der Waals surface area contributed by atoms with Gasteiger partial charge in [-0.05, 0) is 13.3 Å². The van der Waals surface area contributed by atoms with Gasteiger partial charge in [0.25, 0.3) is 0 Å². The number of nitrogens with zero attached hydrogens (tertiary/aromatic N) is 2. The molecule has 1 heterocycles. The van der Waals surface area contributed by atoms with Gasteiger partial charge in [-0.2, -0.15) is 0 Å². The number of amides is 3. The lowest BCUT2D eigenvalue weighted by atomic mass is 10.2. The van der Waals surface area contributed by atoms with Gasteiger partial charge in [0.05, 0.1) is 6.10 Å². The molecule has 2 atom stereocenters. The minimum Gasteiger partial charge on any atom is -0.480 e. The molecular formula is C11H19N3O5. The molecular weight excluding hydrogens is 254 g/mol. The summed E-state index contributed by atoms with van der Waals surface area (Å²) in [5.74, 6) is -1.52. The first kappa shape index (κ1) is 15.2. The van der Waals surface area contributed by atoms with Crippen LogP contribution in [0.15, 0.2) is 0 Å². The third-order valence-electron chi connectivity index (χ3n) is 2.99. The fourth-order valence-electron chi connectivity index (χ4n) is 1.77. The molecule has 8 nitrogen and oxygen atoms in total. The molecule has 0 aromatic carbocycles. The Bertz CT molecular complexity index is 371. The molecule has 1 fully saturated rings. The summed E-state index contributed by atoms with van der Waals surface area (Å²) >= 11 is 0. The van der Waals surface area contributed by atoms with Crippen molar-refractivity contribution >= 4 is 17.9 Å². The summed E-state index contributed by atoms with van der Waals surface area (Å²) in [6, 6.07) is -2.04. The lowest BCUT2D eigenvalue weighted by molar-refractivity contribution is -0.141. The number of carbonyl (C=O) groups is 3. The summed E-state index contributed by atoms with van der Waals surface area (Å²) in [7, 11) is 1.65. The molecule has 0 aromatic rings. The van der Waals surface area contributed by atoms with Crippen LogP contribution in [0.4, 0.5) is 4.79 Å². The highest BCUT2D eigenvalue weighted by atomic mass is 16.4. The number of aliphatic hydroxyl groups is 1. The van der Waals surface area contributed by atoms with Gasteiger partial charge in [0, 0.05) is 20.1 Å². The maximum absolute atomic E-state index is 11.9. The van der Waals surface area contributed by atoms with Crippen LogP contribution < -0.4 is 5.32 Å². The molecule has 19 heavy (non-hydrogen) atoms. The molecule has 0 aliphatic carbocycles. The van der Waals surface area contributed by atoms with Gasteiger partial charge in [0.1, 0.15) is 6.54 Å². The SMILES string of the molecule is C[C@@H](O)[C@H](NC(=O)N1CCCN(C)C(=O)C1)C(=O)O. The van der Waals surface area contributed by atoms with Crippen molar-refractivity contribution < 1.29 is 24.6 Å². The summed E-state index contributed by atoms with van der Waals surface area (Å²) in [5, 5.41) is 20.4. The van der Waals surface area contributed by atoms with Crippen molar-refractivity contribution in [2.45, 2.75) is 25.5 Å². The first-order valence-corrected chi connectivity index (χ1v) is 6.03. The van der Waals surface area contributed by atoms with E-state index < -0.39 is 24.1 Å². The molecule has 1 aliphatic heterocycles. The summed E-state index contributed by atoms with van der Waals surface area (Å²) in [4.78, 5) is 37.2. The van der Waals surface area contributed by atoms with Gasteiger partial charge in [-0.15, -0.1) is 0 Å². The standard InChI is InChI=1S/C11H19N3O5/c1-7(15)9(10(17)18)12-11(19)14-5-3-4-13(2)8(16)6-14/h7,9,15H,3-6H2,1-2H3,(H,12,19)(H,17,18)/t7-,9+/m1/s1. The van der Waals surface area contributed by atoms with Gasteiger partial charge in [0.2, 0.25) is 5.91 Å². The molecule has 0 radical (unpaired) electrons. The van der Waals surface area contributed by atoms with E-state index in [-0.39, 0.29) is 12.5 Å². The van der Waals surface area contributed by atoms with Crippen molar-refractivity contribution in [3.63, 3.8) is 0 Å². The Morgan fingerprint density at radius 1 is 1.37 bits per heavy atom. The summed E-state index contributed by atoms with van der Waals surface area (Å²) < 4.78 is 0. The molecule has 0 saturated carbocycles. The Labute approximate surface area is 111 Å². The largest absolute Gasteiger partial charge is 0.480 e. The molecule has 0 bridgehead atoms. The molecule has 0 aromatic heterocycles. The molecule has 0 spiro atoms. The summed E-state index contributed by atoms with van der Waals surface area (Å²) in [6.07, 6.45) is -0.589. The zero-order chi connectivity index (χ0) is 14.6. The zero-order valence-corrected chi connectivity index (χ0v) is 11.0. The van der Waals surface area contributed by atoms with E-state index in [1.807, 2.05) is 0 Å². The molecule has 8 heteroatoms. The Kier molecular flexibility index (Phi) is 5.11. The molecule has 3 amide bonds. The molecule has 1 aliphatic rings. The number of nitrogens with one attached hydrogen (secondary N) is 1. The van der Waals surface area contributed by atoms with E-state index >= 15 is 0 Å². The monoisotopic (exact) mass is 273 g/mol. The second kappa shape index (κ2) is 6.37. The molecule has 108 valence electrons. The lowest BCUT2D eigenvalue weighted by Crippen LogP contribution is -2.53.